The van der Waals surface area contributed by atoms with E-state index < -0.39 is 10.1 Å². The third-order valence-electron chi connectivity index (χ3n) is 3.88. The van der Waals surface area contributed by atoms with Crippen molar-refractivity contribution >= 4 is 26.6 Å². The van der Waals surface area contributed by atoms with Crippen molar-refractivity contribution in [2.75, 3.05) is 0 Å². The van der Waals surface area contributed by atoms with Gasteiger partial charge in [0.25, 0.3) is 0 Å². The lowest BCUT2D eigenvalue weighted by molar-refractivity contribution is 0.337. The molecule has 0 aliphatic heterocycles. The molecule has 0 saturated carbocycles. The summed E-state index contributed by atoms with van der Waals surface area (Å²) >= 11 is 0. The molecular weight excluding hydrogens is 334 g/mol. The molecule has 3 rings (SSSR count). The van der Waals surface area contributed by atoms with E-state index in [9.17, 15) is 8.42 Å². The van der Waals surface area contributed by atoms with Crippen LogP contribution in [0.4, 0.5) is 0 Å². The first kappa shape index (κ1) is 17.2. The van der Waals surface area contributed by atoms with Crippen LogP contribution in [0.15, 0.2) is 76.8 Å². The molecule has 0 aromatic heterocycles. The molecule has 25 heavy (non-hydrogen) atoms. The SMILES string of the molecule is C/C(Cc1ccc(C)cc1)=N\OS(=O)(=O)c1ccc2ccccc2c1. The zero-order valence-corrected chi connectivity index (χ0v) is 15.0. The molecule has 3 aromatic carbocycles. The minimum Gasteiger partial charge on any atom is -0.265 e. The first-order valence-corrected chi connectivity index (χ1v) is 9.36. The number of oxime groups is 1. The molecule has 0 atom stereocenters. The molecule has 0 saturated heterocycles. The number of fused-ring (bicyclic) bond motifs is 1. The number of hydrogen-bond donors (Lipinski definition) is 0. The summed E-state index contributed by atoms with van der Waals surface area (Å²) in [7, 11) is -3.93. The number of benzene rings is 3. The summed E-state index contributed by atoms with van der Waals surface area (Å²) in [6, 6.07) is 20.4. The number of aryl methyl sites for hydroxylation is 1. The second-order valence-corrected chi connectivity index (χ2v) is 7.56. The van der Waals surface area contributed by atoms with Crippen molar-refractivity contribution in [3.63, 3.8) is 0 Å². The van der Waals surface area contributed by atoms with Crippen LogP contribution in [0, 0.1) is 6.92 Å². The largest absolute Gasteiger partial charge is 0.358 e. The van der Waals surface area contributed by atoms with Crippen molar-refractivity contribution in [3.8, 4) is 0 Å². The van der Waals surface area contributed by atoms with E-state index >= 15 is 0 Å². The van der Waals surface area contributed by atoms with Crippen LogP contribution in [0.3, 0.4) is 0 Å². The Bertz CT molecular complexity index is 1020. The maximum atomic E-state index is 12.3. The van der Waals surface area contributed by atoms with Gasteiger partial charge in [-0.25, -0.2) is 0 Å². The highest BCUT2D eigenvalue weighted by Gasteiger charge is 2.16. The van der Waals surface area contributed by atoms with Crippen LogP contribution in [-0.2, 0) is 20.8 Å². The van der Waals surface area contributed by atoms with Crippen LogP contribution in [0.1, 0.15) is 18.1 Å². The van der Waals surface area contributed by atoms with Gasteiger partial charge in [-0.2, -0.15) is 8.42 Å². The van der Waals surface area contributed by atoms with Crippen molar-refractivity contribution in [1.82, 2.24) is 0 Å². The highest BCUT2D eigenvalue weighted by molar-refractivity contribution is 7.86. The topological polar surface area (TPSA) is 55.7 Å². The first-order chi connectivity index (χ1) is 11.9. The average molecular weight is 353 g/mol. The van der Waals surface area contributed by atoms with E-state index in [0.29, 0.717) is 12.1 Å². The van der Waals surface area contributed by atoms with Gasteiger partial charge in [0.05, 0.1) is 5.71 Å². The monoisotopic (exact) mass is 353 g/mol. The Kier molecular flexibility index (Phi) is 4.86. The predicted molar refractivity (Wildman–Crippen MR) is 100 cm³/mol. The van der Waals surface area contributed by atoms with E-state index in [0.717, 1.165) is 16.3 Å². The Balaban J connectivity index is 1.76. The fourth-order valence-corrected chi connectivity index (χ4v) is 3.33. The lowest BCUT2D eigenvalue weighted by atomic mass is 10.1. The summed E-state index contributed by atoms with van der Waals surface area (Å²) in [5.41, 5.74) is 2.82. The molecular formula is C20H19NO3S. The van der Waals surface area contributed by atoms with Gasteiger partial charge >= 0.3 is 10.1 Å². The summed E-state index contributed by atoms with van der Waals surface area (Å²) in [5, 5.41) is 5.61. The van der Waals surface area contributed by atoms with Crippen LogP contribution in [0.5, 0.6) is 0 Å². The van der Waals surface area contributed by atoms with Crippen LogP contribution in [0.25, 0.3) is 10.8 Å². The molecule has 4 nitrogen and oxygen atoms in total. The zero-order valence-electron chi connectivity index (χ0n) is 14.1. The van der Waals surface area contributed by atoms with Gasteiger partial charge < -0.3 is 0 Å². The standard InChI is InChI=1S/C20H19NO3S/c1-15-7-9-17(10-8-15)13-16(2)21-24-25(22,23)20-12-11-18-5-3-4-6-19(18)14-20/h3-12,14H,13H2,1-2H3/b21-16+. The van der Waals surface area contributed by atoms with E-state index in [2.05, 4.69) is 5.16 Å². The van der Waals surface area contributed by atoms with Gasteiger partial charge in [-0.1, -0.05) is 65.3 Å². The molecule has 0 unspecified atom stereocenters. The highest BCUT2D eigenvalue weighted by Crippen LogP contribution is 2.20. The van der Waals surface area contributed by atoms with Gasteiger partial charge in [0.2, 0.25) is 0 Å². The Hall–Kier alpha value is -2.66. The fraction of sp³-hybridized carbons (Fsp3) is 0.150. The minimum absolute atomic E-state index is 0.0954. The molecule has 0 spiro atoms. The zero-order chi connectivity index (χ0) is 17.9. The first-order valence-electron chi connectivity index (χ1n) is 7.95. The maximum absolute atomic E-state index is 12.3. The lowest BCUT2D eigenvalue weighted by Gasteiger charge is -2.05. The summed E-state index contributed by atoms with van der Waals surface area (Å²) in [6.45, 7) is 3.76. The average Bonchev–Trinajstić information content (AvgIpc) is 2.62. The van der Waals surface area contributed by atoms with Gasteiger partial charge in [0.1, 0.15) is 4.90 Å². The molecule has 128 valence electrons. The molecule has 0 heterocycles. The van der Waals surface area contributed by atoms with Crippen molar-refractivity contribution in [1.29, 1.82) is 0 Å². The molecule has 3 aromatic rings. The molecule has 0 radical (unpaired) electrons. The van der Waals surface area contributed by atoms with Crippen LogP contribution in [0.2, 0.25) is 0 Å². The third-order valence-corrected chi connectivity index (χ3v) is 4.98. The summed E-state index contributed by atoms with van der Waals surface area (Å²) in [6.07, 6.45) is 0.535. The maximum Gasteiger partial charge on any atom is 0.358 e. The van der Waals surface area contributed by atoms with Crippen molar-refractivity contribution in [2.24, 2.45) is 5.16 Å². The number of nitrogens with zero attached hydrogens (tertiary/aromatic N) is 1. The number of hydrogen-bond acceptors (Lipinski definition) is 4. The van der Waals surface area contributed by atoms with Gasteiger partial charge in [-0.15, -0.1) is 0 Å². The predicted octanol–water partition coefficient (Wildman–Crippen LogP) is 4.47. The molecule has 0 bridgehead atoms. The Morgan fingerprint density at radius 3 is 2.36 bits per heavy atom. The van der Waals surface area contributed by atoms with Gasteiger partial charge in [-0.3, -0.25) is 4.28 Å². The summed E-state index contributed by atoms with van der Waals surface area (Å²) < 4.78 is 29.6. The van der Waals surface area contributed by atoms with E-state index in [1.807, 2.05) is 55.5 Å². The van der Waals surface area contributed by atoms with Crippen molar-refractivity contribution in [2.45, 2.75) is 25.2 Å². The van der Waals surface area contributed by atoms with Crippen LogP contribution in [-0.4, -0.2) is 14.1 Å². The molecule has 0 aliphatic carbocycles. The van der Waals surface area contributed by atoms with Crippen molar-refractivity contribution in [3.05, 3.63) is 77.9 Å². The van der Waals surface area contributed by atoms with E-state index in [-0.39, 0.29) is 4.90 Å². The Morgan fingerprint density at radius 1 is 0.960 bits per heavy atom. The highest BCUT2D eigenvalue weighted by atomic mass is 32.2. The smallest absolute Gasteiger partial charge is 0.265 e. The second-order valence-electron chi connectivity index (χ2n) is 6.03. The molecule has 0 aliphatic rings. The third kappa shape index (κ3) is 4.25. The summed E-state index contributed by atoms with van der Waals surface area (Å²) in [4.78, 5) is 0.0954. The van der Waals surface area contributed by atoms with E-state index in [4.69, 9.17) is 4.28 Å². The molecule has 0 N–H and O–H groups in total. The van der Waals surface area contributed by atoms with E-state index in [1.54, 1.807) is 19.1 Å². The quantitative estimate of drug-likeness (QED) is 0.502. The van der Waals surface area contributed by atoms with E-state index in [1.165, 1.54) is 11.6 Å². The Morgan fingerprint density at radius 2 is 1.64 bits per heavy atom. The van der Waals surface area contributed by atoms with Crippen LogP contribution < -0.4 is 0 Å². The number of rotatable bonds is 5. The normalized spacial score (nSPS) is 12.3. The fourth-order valence-electron chi connectivity index (χ4n) is 2.51. The van der Waals surface area contributed by atoms with Gasteiger partial charge in [0.15, 0.2) is 0 Å². The van der Waals surface area contributed by atoms with Crippen LogP contribution >= 0.6 is 0 Å². The van der Waals surface area contributed by atoms with Crippen molar-refractivity contribution < 1.29 is 12.7 Å². The second kappa shape index (κ2) is 7.07. The van der Waals surface area contributed by atoms with Gasteiger partial charge in [0, 0.05) is 6.42 Å². The minimum atomic E-state index is -3.93. The molecule has 0 amide bonds. The Labute approximate surface area is 147 Å². The molecule has 5 heteroatoms. The summed E-state index contributed by atoms with van der Waals surface area (Å²) in [5.74, 6) is 0. The van der Waals surface area contributed by atoms with Gasteiger partial charge in [-0.05, 0) is 42.3 Å². The lowest BCUT2D eigenvalue weighted by Crippen LogP contribution is -2.06. The molecule has 0 fully saturated rings.